The van der Waals surface area contributed by atoms with Crippen LogP contribution in [0.1, 0.15) is 77.6 Å². The van der Waals surface area contributed by atoms with Gasteiger partial charge in [-0.25, -0.2) is 0 Å². The Labute approximate surface area is 102 Å². The molecule has 0 aromatic heterocycles. The molecule has 1 saturated carbocycles. The maximum atomic E-state index is 2.61. The molecule has 2 atom stereocenters. The number of fused-ring (bicyclic) bond motifs is 1. The van der Waals surface area contributed by atoms with Crippen molar-refractivity contribution >= 4 is 0 Å². The average Bonchev–Trinajstić information content (AvgIpc) is 2.59. The molecule has 16 heavy (non-hydrogen) atoms. The van der Waals surface area contributed by atoms with Crippen molar-refractivity contribution in [2.45, 2.75) is 77.6 Å². The minimum atomic E-state index is 0.960. The Morgan fingerprint density at radius 2 is 1.62 bits per heavy atom. The van der Waals surface area contributed by atoms with E-state index in [9.17, 15) is 0 Å². The Morgan fingerprint density at radius 1 is 0.938 bits per heavy atom. The van der Waals surface area contributed by atoms with E-state index < -0.39 is 0 Å². The second-order valence-corrected chi connectivity index (χ2v) is 6.07. The van der Waals surface area contributed by atoms with Gasteiger partial charge in [0.05, 0.1) is 0 Å². The van der Waals surface area contributed by atoms with Crippen LogP contribution in [0.5, 0.6) is 0 Å². The Bertz CT molecular complexity index is 226. The number of allylic oxidation sites excluding steroid dienone is 2. The standard InChI is InChI=1S/C16H28/c1-14-12-15-10-8-6-4-2-3-5-7-9-11-16(15)13-14/h10,14,16H,2-9,11-13H2,1H3/b15-10-. The van der Waals surface area contributed by atoms with Gasteiger partial charge in [0.1, 0.15) is 0 Å². The molecule has 0 amide bonds. The number of rotatable bonds is 0. The summed E-state index contributed by atoms with van der Waals surface area (Å²) >= 11 is 0. The first kappa shape index (κ1) is 12.2. The molecule has 0 N–H and O–H groups in total. The third-order valence-electron chi connectivity index (χ3n) is 4.46. The molecule has 0 aromatic carbocycles. The SMILES string of the molecule is CC1C/C2=C/CCCCCCCCCC2C1. The van der Waals surface area contributed by atoms with E-state index in [0.717, 1.165) is 11.8 Å². The zero-order valence-corrected chi connectivity index (χ0v) is 11.0. The average molecular weight is 220 g/mol. The Kier molecular flexibility index (Phi) is 4.93. The third kappa shape index (κ3) is 3.64. The van der Waals surface area contributed by atoms with E-state index in [0.29, 0.717) is 0 Å². The fourth-order valence-electron chi connectivity index (χ4n) is 3.55. The van der Waals surface area contributed by atoms with Crippen LogP contribution in [0, 0.1) is 11.8 Å². The maximum absolute atomic E-state index is 2.61. The topological polar surface area (TPSA) is 0 Å². The predicted molar refractivity (Wildman–Crippen MR) is 71.5 cm³/mol. The lowest BCUT2D eigenvalue weighted by atomic mass is 9.93. The van der Waals surface area contributed by atoms with Crippen LogP contribution in [0.3, 0.4) is 0 Å². The third-order valence-corrected chi connectivity index (χ3v) is 4.46. The van der Waals surface area contributed by atoms with Crippen LogP contribution in [-0.4, -0.2) is 0 Å². The molecular weight excluding hydrogens is 192 g/mol. The van der Waals surface area contributed by atoms with Crippen molar-refractivity contribution in [2.24, 2.45) is 11.8 Å². The van der Waals surface area contributed by atoms with Crippen LogP contribution >= 0.6 is 0 Å². The molecule has 0 aromatic rings. The zero-order chi connectivity index (χ0) is 11.2. The largest absolute Gasteiger partial charge is 0.0850 e. The first-order chi connectivity index (χ1) is 7.86. The summed E-state index contributed by atoms with van der Waals surface area (Å²) in [5.41, 5.74) is 1.83. The summed E-state index contributed by atoms with van der Waals surface area (Å²) in [6.45, 7) is 2.44. The van der Waals surface area contributed by atoms with E-state index >= 15 is 0 Å². The Hall–Kier alpha value is -0.260. The molecule has 1 fully saturated rings. The van der Waals surface area contributed by atoms with Gasteiger partial charge in [0.25, 0.3) is 0 Å². The van der Waals surface area contributed by atoms with Gasteiger partial charge < -0.3 is 0 Å². The van der Waals surface area contributed by atoms with Crippen molar-refractivity contribution in [2.75, 3.05) is 0 Å². The monoisotopic (exact) mass is 220 g/mol. The molecule has 2 unspecified atom stereocenters. The van der Waals surface area contributed by atoms with Gasteiger partial charge >= 0.3 is 0 Å². The molecule has 0 radical (unpaired) electrons. The molecule has 92 valence electrons. The smallest absolute Gasteiger partial charge is 0.0200 e. The minimum absolute atomic E-state index is 0.960. The summed E-state index contributed by atoms with van der Waals surface area (Å²) in [5, 5.41) is 0. The van der Waals surface area contributed by atoms with Crippen LogP contribution in [0.4, 0.5) is 0 Å². The van der Waals surface area contributed by atoms with Crippen LogP contribution < -0.4 is 0 Å². The van der Waals surface area contributed by atoms with Crippen molar-refractivity contribution in [3.05, 3.63) is 11.6 Å². The molecule has 2 aliphatic carbocycles. The van der Waals surface area contributed by atoms with Gasteiger partial charge in [-0.05, 0) is 43.9 Å². The Balaban J connectivity index is 1.91. The number of hydrogen-bond donors (Lipinski definition) is 0. The zero-order valence-electron chi connectivity index (χ0n) is 11.0. The van der Waals surface area contributed by atoms with Gasteiger partial charge in [-0.1, -0.05) is 57.1 Å². The molecule has 0 heteroatoms. The molecule has 0 spiro atoms. The van der Waals surface area contributed by atoms with Crippen molar-refractivity contribution in [3.8, 4) is 0 Å². The summed E-state index contributed by atoms with van der Waals surface area (Å²) in [6.07, 6.45) is 18.6. The molecule has 0 nitrogen and oxygen atoms in total. The molecular formula is C16H28. The maximum Gasteiger partial charge on any atom is -0.0200 e. The van der Waals surface area contributed by atoms with Crippen molar-refractivity contribution in [1.82, 2.24) is 0 Å². The number of hydrogen-bond acceptors (Lipinski definition) is 0. The highest BCUT2D eigenvalue weighted by Gasteiger charge is 2.25. The second kappa shape index (κ2) is 6.47. The summed E-state index contributed by atoms with van der Waals surface area (Å²) in [4.78, 5) is 0. The van der Waals surface area contributed by atoms with E-state index in [1.54, 1.807) is 0 Å². The van der Waals surface area contributed by atoms with Crippen molar-refractivity contribution in [1.29, 1.82) is 0 Å². The van der Waals surface area contributed by atoms with Crippen LogP contribution in [0.25, 0.3) is 0 Å². The van der Waals surface area contributed by atoms with Crippen molar-refractivity contribution in [3.63, 3.8) is 0 Å². The molecule has 0 bridgehead atoms. The normalized spacial score (nSPS) is 36.7. The molecule has 0 heterocycles. The lowest BCUT2D eigenvalue weighted by Crippen LogP contribution is -1.98. The van der Waals surface area contributed by atoms with E-state index in [1.807, 2.05) is 5.57 Å². The lowest BCUT2D eigenvalue weighted by molar-refractivity contribution is 0.471. The molecule has 2 rings (SSSR count). The summed E-state index contributed by atoms with van der Waals surface area (Å²) in [6, 6.07) is 0. The first-order valence-electron chi connectivity index (χ1n) is 7.55. The molecule has 0 saturated heterocycles. The first-order valence-corrected chi connectivity index (χ1v) is 7.55. The summed E-state index contributed by atoms with van der Waals surface area (Å²) in [7, 11) is 0. The van der Waals surface area contributed by atoms with Crippen molar-refractivity contribution < 1.29 is 0 Å². The van der Waals surface area contributed by atoms with E-state index in [2.05, 4.69) is 13.0 Å². The molecule has 0 aliphatic heterocycles. The molecule has 2 aliphatic rings. The van der Waals surface area contributed by atoms with Crippen LogP contribution in [0.15, 0.2) is 11.6 Å². The Morgan fingerprint density at radius 3 is 2.44 bits per heavy atom. The highest BCUT2D eigenvalue weighted by atomic mass is 14.3. The van der Waals surface area contributed by atoms with Gasteiger partial charge in [-0.3, -0.25) is 0 Å². The lowest BCUT2D eigenvalue weighted by Gasteiger charge is -2.13. The fourth-order valence-corrected chi connectivity index (χ4v) is 3.55. The van der Waals surface area contributed by atoms with E-state index in [1.165, 1.54) is 70.6 Å². The van der Waals surface area contributed by atoms with Gasteiger partial charge in [0.15, 0.2) is 0 Å². The highest BCUT2D eigenvalue weighted by Crippen LogP contribution is 2.39. The quantitative estimate of drug-likeness (QED) is 0.474. The second-order valence-electron chi connectivity index (χ2n) is 6.07. The van der Waals surface area contributed by atoms with Gasteiger partial charge in [-0.15, -0.1) is 0 Å². The fraction of sp³-hybridized carbons (Fsp3) is 0.875. The van der Waals surface area contributed by atoms with E-state index in [-0.39, 0.29) is 0 Å². The van der Waals surface area contributed by atoms with Gasteiger partial charge in [0, 0.05) is 0 Å². The minimum Gasteiger partial charge on any atom is -0.0850 e. The summed E-state index contributed by atoms with van der Waals surface area (Å²) in [5.74, 6) is 1.93. The predicted octanol–water partition coefficient (Wildman–Crippen LogP) is 5.48. The van der Waals surface area contributed by atoms with Gasteiger partial charge in [-0.2, -0.15) is 0 Å². The van der Waals surface area contributed by atoms with Crippen LogP contribution in [0.2, 0.25) is 0 Å². The van der Waals surface area contributed by atoms with Crippen LogP contribution in [-0.2, 0) is 0 Å². The highest BCUT2D eigenvalue weighted by molar-refractivity contribution is 5.12. The van der Waals surface area contributed by atoms with E-state index in [4.69, 9.17) is 0 Å². The summed E-state index contributed by atoms with van der Waals surface area (Å²) < 4.78 is 0. The van der Waals surface area contributed by atoms with Gasteiger partial charge in [0.2, 0.25) is 0 Å².